The van der Waals surface area contributed by atoms with E-state index in [-0.39, 0.29) is 0 Å². The highest BCUT2D eigenvalue weighted by atomic mass is 79.9. The summed E-state index contributed by atoms with van der Waals surface area (Å²) >= 11 is 3.30. The number of rotatable bonds is 1. The minimum Gasteiger partial charge on any atom is -0.448 e. The average Bonchev–Trinajstić information content (AvgIpc) is 2.75. The number of fused-ring (bicyclic) bond motifs is 1. The second kappa shape index (κ2) is 3.99. The monoisotopic (exact) mass is 279 g/mol. The third kappa shape index (κ3) is 1.66. The molecule has 3 heterocycles. The van der Waals surface area contributed by atoms with Crippen molar-refractivity contribution in [1.82, 2.24) is 15.3 Å². The number of halogens is 1. The van der Waals surface area contributed by atoms with Crippen LogP contribution in [0.3, 0.4) is 0 Å². The zero-order valence-corrected chi connectivity index (χ0v) is 10.1. The lowest BCUT2D eigenvalue weighted by Gasteiger charge is -2.17. The van der Waals surface area contributed by atoms with Crippen LogP contribution in [-0.4, -0.2) is 16.5 Å². The molecule has 0 saturated heterocycles. The molecule has 0 amide bonds. The van der Waals surface area contributed by atoms with Gasteiger partial charge in [0.25, 0.3) is 0 Å². The van der Waals surface area contributed by atoms with Gasteiger partial charge in [-0.25, -0.2) is 9.97 Å². The first-order valence-corrected chi connectivity index (χ1v) is 5.93. The lowest BCUT2D eigenvalue weighted by molar-refractivity contribution is 0.549. The van der Waals surface area contributed by atoms with Gasteiger partial charge >= 0.3 is 0 Å². The summed E-state index contributed by atoms with van der Waals surface area (Å²) in [5.74, 6) is 0.786. The fourth-order valence-electron chi connectivity index (χ4n) is 1.92. The van der Waals surface area contributed by atoms with Crippen molar-refractivity contribution in [3.8, 4) is 11.5 Å². The molecule has 0 aliphatic carbocycles. The second-order valence-electron chi connectivity index (χ2n) is 3.68. The normalized spacial score (nSPS) is 14.8. The van der Waals surface area contributed by atoms with E-state index in [1.165, 1.54) is 0 Å². The van der Waals surface area contributed by atoms with Gasteiger partial charge < -0.3 is 9.73 Å². The van der Waals surface area contributed by atoms with Crippen molar-refractivity contribution in [1.29, 1.82) is 0 Å². The van der Waals surface area contributed by atoms with Crippen molar-refractivity contribution in [2.24, 2.45) is 0 Å². The predicted octanol–water partition coefficient (Wildman–Crippen LogP) is 2.14. The molecule has 1 aliphatic heterocycles. The molecule has 1 N–H and O–H groups in total. The second-order valence-corrected chi connectivity index (χ2v) is 4.46. The first kappa shape index (κ1) is 9.99. The summed E-state index contributed by atoms with van der Waals surface area (Å²) < 4.78 is 6.26. The van der Waals surface area contributed by atoms with Crippen molar-refractivity contribution < 1.29 is 4.42 Å². The van der Waals surface area contributed by atoms with Gasteiger partial charge in [0.05, 0.1) is 5.69 Å². The minimum atomic E-state index is 0.721. The largest absolute Gasteiger partial charge is 0.448 e. The average molecular weight is 280 g/mol. The van der Waals surface area contributed by atoms with Gasteiger partial charge in [-0.1, -0.05) is 0 Å². The Bertz CT molecular complexity index is 524. The third-order valence-electron chi connectivity index (χ3n) is 2.68. The Morgan fingerprint density at radius 1 is 1.31 bits per heavy atom. The lowest BCUT2D eigenvalue weighted by atomic mass is 10.0. The van der Waals surface area contributed by atoms with Gasteiger partial charge in [-0.3, -0.25) is 0 Å². The summed E-state index contributed by atoms with van der Waals surface area (Å²) in [5, 5.41) is 3.32. The van der Waals surface area contributed by atoms with E-state index in [0.29, 0.717) is 0 Å². The molecule has 0 saturated carbocycles. The first-order valence-electron chi connectivity index (χ1n) is 5.14. The van der Waals surface area contributed by atoms with Crippen LogP contribution in [0.2, 0.25) is 0 Å². The van der Waals surface area contributed by atoms with Crippen molar-refractivity contribution in [3.63, 3.8) is 0 Å². The van der Waals surface area contributed by atoms with Gasteiger partial charge in [-0.2, -0.15) is 0 Å². The summed E-state index contributed by atoms with van der Waals surface area (Å²) in [6.07, 6.45) is 2.56. The standard InChI is InChI=1S/C11H10BrN3O/c12-10-2-1-9(16-10)11-7-5-13-4-3-8(7)14-6-15-11/h1-2,6,13H,3-5H2. The smallest absolute Gasteiger partial charge is 0.169 e. The molecule has 0 fully saturated rings. The Kier molecular flexibility index (Phi) is 2.49. The van der Waals surface area contributed by atoms with Crippen molar-refractivity contribution in [2.75, 3.05) is 6.54 Å². The SMILES string of the molecule is Brc1ccc(-c2ncnc3c2CNCC3)o1. The number of furan rings is 1. The Balaban J connectivity index is 2.13. The van der Waals surface area contributed by atoms with E-state index < -0.39 is 0 Å². The fourth-order valence-corrected chi connectivity index (χ4v) is 2.23. The van der Waals surface area contributed by atoms with Crippen LogP contribution in [0.5, 0.6) is 0 Å². The topological polar surface area (TPSA) is 51.0 Å². The molecule has 0 spiro atoms. The summed E-state index contributed by atoms with van der Waals surface area (Å²) in [6.45, 7) is 1.79. The van der Waals surface area contributed by atoms with Gasteiger partial charge in [0.15, 0.2) is 10.4 Å². The molecule has 2 aromatic rings. The van der Waals surface area contributed by atoms with Gasteiger partial charge in [-0.05, 0) is 28.1 Å². The van der Waals surface area contributed by atoms with Crippen LogP contribution in [0.1, 0.15) is 11.3 Å². The zero-order valence-electron chi connectivity index (χ0n) is 8.53. The summed E-state index contributed by atoms with van der Waals surface area (Å²) in [4.78, 5) is 8.62. The van der Waals surface area contributed by atoms with Gasteiger partial charge in [0.2, 0.25) is 0 Å². The van der Waals surface area contributed by atoms with E-state index in [4.69, 9.17) is 4.42 Å². The van der Waals surface area contributed by atoms with E-state index in [2.05, 4.69) is 31.2 Å². The van der Waals surface area contributed by atoms with Crippen LogP contribution in [0.25, 0.3) is 11.5 Å². The van der Waals surface area contributed by atoms with E-state index in [1.54, 1.807) is 6.33 Å². The molecule has 82 valence electrons. The van der Waals surface area contributed by atoms with Crippen molar-refractivity contribution >= 4 is 15.9 Å². The first-order chi connectivity index (χ1) is 7.84. The van der Waals surface area contributed by atoms with Crippen LogP contribution < -0.4 is 5.32 Å². The van der Waals surface area contributed by atoms with Crippen LogP contribution in [0.4, 0.5) is 0 Å². The lowest BCUT2D eigenvalue weighted by Crippen LogP contribution is -2.25. The molecule has 0 bridgehead atoms. The molecule has 16 heavy (non-hydrogen) atoms. The molecule has 1 aliphatic rings. The van der Waals surface area contributed by atoms with E-state index in [0.717, 1.165) is 46.9 Å². The van der Waals surface area contributed by atoms with E-state index >= 15 is 0 Å². The maximum atomic E-state index is 5.53. The molecule has 0 atom stereocenters. The minimum absolute atomic E-state index is 0.721. The Labute approximate surface area is 101 Å². The highest BCUT2D eigenvalue weighted by molar-refractivity contribution is 9.10. The maximum absolute atomic E-state index is 5.53. The van der Waals surface area contributed by atoms with Crippen LogP contribution in [0, 0.1) is 0 Å². The molecule has 4 nitrogen and oxygen atoms in total. The summed E-state index contributed by atoms with van der Waals surface area (Å²) in [6, 6.07) is 3.79. The molecule has 0 radical (unpaired) electrons. The molecule has 2 aromatic heterocycles. The molecule has 0 aromatic carbocycles. The molecular formula is C11H10BrN3O. The van der Waals surface area contributed by atoms with Crippen molar-refractivity contribution in [2.45, 2.75) is 13.0 Å². The van der Waals surface area contributed by atoms with E-state index in [1.807, 2.05) is 12.1 Å². The third-order valence-corrected chi connectivity index (χ3v) is 3.11. The highest BCUT2D eigenvalue weighted by Gasteiger charge is 2.17. The quantitative estimate of drug-likeness (QED) is 0.869. The van der Waals surface area contributed by atoms with E-state index in [9.17, 15) is 0 Å². The zero-order chi connectivity index (χ0) is 11.0. The number of hydrogen-bond donors (Lipinski definition) is 1. The number of nitrogens with zero attached hydrogens (tertiary/aromatic N) is 2. The van der Waals surface area contributed by atoms with Crippen LogP contribution in [-0.2, 0) is 13.0 Å². The van der Waals surface area contributed by atoms with Crippen LogP contribution in [0.15, 0.2) is 27.5 Å². The molecule has 5 heteroatoms. The van der Waals surface area contributed by atoms with Gasteiger partial charge in [0, 0.05) is 25.1 Å². The number of hydrogen-bond acceptors (Lipinski definition) is 4. The number of nitrogens with one attached hydrogen (secondary N) is 1. The molecule has 0 unspecified atom stereocenters. The highest BCUT2D eigenvalue weighted by Crippen LogP contribution is 2.28. The summed E-state index contributed by atoms with van der Waals surface area (Å²) in [7, 11) is 0. The Morgan fingerprint density at radius 3 is 3.06 bits per heavy atom. The van der Waals surface area contributed by atoms with Gasteiger partial charge in [0.1, 0.15) is 12.0 Å². The molecule has 3 rings (SSSR count). The van der Waals surface area contributed by atoms with Crippen LogP contribution >= 0.6 is 15.9 Å². The summed E-state index contributed by atoms with van der Waals surface area (Å²) in [5.41, 5.74) is 3.16. The van der Waals surface area contributed by atoms with Crippen molar-refractivity contribution in [3.05, 3.63) is 34.4 Å². The number of aromatic nitrogens is 2. The fraction of sp³-hybridized carbons (Fsp3) is 0.273. The van der Waals surface area contributed by atoms with Gasteiger partial charge in [-0.15, -0.1) is 0 Å². The maximum Gasteiger partial charge on any atom is 0.169 e. The predicted molar refractivity (Wildman–Crippen MR) is 62.8 cm³/mol. The molecular weight excluding hydrogens is 270 g/mol. The Morgan fingerprint density at radius 2 is 2.25 bits per heavy atom. The Hall–Kier alpha value is -1.20.